The SMILES string of the molecule is Cc1nc2c(cc1C(=O)/C=C/c1ccc(N(C)C)cc1)C1(C)Oc3ccccc3C(C2)O1. The molecular formula is C27H26N2O3. The highest BCUT2D eigenvalue weighted by Gasteiger charge is 2.46. The van der Waals surface area contributed by atoms with Gasteiger partial charge in [0.15, 0.2) is 5.78 Å². The number of hydrogen-bond donors (Lipinski definition) is 0. The molecule has 0 radical (unpaired) electrons. The number of rotatable bonds is 4. The number of aryl methyl sites for hydroxylation is 1. The van der Waals surface area contributed by atoms with Crippen molar-refractivity contribution in [1.82, 2.24) is 4.98 Å². The van der Waals surface area contributed by atoms with E-state index < -0.39 is 5.79 Å². The molecule has 162 valence electrons. The highest BCUT2D eigenvalue weighted by atomic mass is 16.7. The van der Waals surface area contributed by atoms with Crippen molar-refractivity contribution < 1.29 is 14.3 Å². The van der Waals surface area contributed by atoms with Crippen LogP contribution in [0.3, 0.4) is 0 Å². The number of carbonyl (C=O) groups excluding carboxylic acids is 1. The molecule has 0 fully saturated rings. The second kappa shape index (κ2) is 7.61. The lowest BCUT2D eigenvalue weighted by molar-refractivity contribution is -0.236. The van der Waals surface area contributed by atoms with E-state index in [9.17, 15) is 4.79 Å². The van der Waals surface area contributed by atoms with Gasteiger partial charge in [0.25, 0.3) is 0 Å². The molecular weight excluding hydrogens is 400 g/mol. The Morgan fingerprint density at radius 3 is 2.66 bits per heavy atom. The Morgan fingerprint density at radius 2 is 1.91 bits per heavy atom. The predicted molar refractivity (Wildman–Crippen MR) is 125 cm³/mol. The fourth-order valence-corrected chi connectivity index (χ4v) is 4.45. The summed E-state index contributed by atoms with van der Waals surface area (Å²) in [5, 5.41) is 0. The number of allylic oxidation sites excluding steroid dienone is 1. The molecule has 2 bridgehead atoms. The Morgan fingerprint density at radius 1 is 1.16 bits per heavy atom. The summed E-state index contributed by atoms with van der Waals surface area (Å²) in [6.07, 6.45) is 4.00. The molecule has 0 N–H and O–H groups in total. The van der Waals surface area contributed by atoms with Crippen molar-refractivity contribution in [2.45, 2.75) is 32.2 Å². The topological polar surface area (TPSA) is 51.7 Å². The van der Waals surface area contributed by atoms with E-state index in [1.165, 1.54) is 0 Å². The van der Waals surface area contributed by atoms with Crippen LogP contribution in [0.15, 0.2) is 60.7 Å². The smallest absolute Gasteiger partial charge is 0.236 e. The second-order valence-corrected chi connectivity index (χ2v) is 8.70. The van der Waals surface area contributed by atoms with Gasteiger partial charge in [-0.1, -0.05) is 36.4 Å². The van der Waals surface area contributed by atoms with Gasteiger partial charge in [0.2, 0.25) is 5.79 Å². The second-order valence-electron chi connectivity index (χ2n) is 8.70. The van der Waals surface area contributed by atoms with Crippen LogP contribution in [0.25, 0.3) is 6.08 Å². The third-order valence-corrected chi connectivity index (χ3v) is 6.20. The van der Waals surface area contributed by atoms with Crippen LogP contribution in [0.5, 0.6) is 5.75 Å². The van der Waals surface area contributed by atoms with Crippen molar-refractivity contribution in [3.63, 3.8) is 0 Å². The van der Waals surface area contributed by atoms with E-state index in [0.29, 0.717) is 12.0 Å². The highest BCUT2D eigenvalue weighted by molar-refractivity contribution is 6.07. The van der Waals surface area contributed by atoms with Gasteiger partial charge in [-0.2, -0.15) is 0 Å². The number of aromatic nitrogens is 1. The number of ether oxygens (including phenoxy) is 2. The summed E-state index contributed by atoms with van der Waals surface area (Å²) in [6.45, 7) is 3.79. The Bertz CT molecular complexity index is 1230. The number of ketones is 1. The standard InChI is InChI=1S/C27H26N2O3/c1-17-21(24(30)14-11-18-9-12-19(13-10-18)29(3)4)15-22-23(28-17)16-26-20-7-5-6-8-25(20)31-27(22,2)32-26/h5-15,26H,16H2,1-4H3/b14-11+. The minimum Gasteiger partial charge on any atom is -0.458 e. The minimum absolute atomic E-state index is 0.0866. The zero-order valence-electron chi connectivity index (χ0n) is 18.8. The molecule has 2 aromatic carbocycles. The minimum atomic E-state index is -0.964. The lowest BCUT2D eigenvalue weighted by Crippen LogP contribution is -2.43. The van der Waals surface area contributed by atoms with Crippen LogP contribution in [0.1, 0.15) is 51.5 Å². The number of fused-ring (bicyclic) bond motifs is 6. The maximum Gasteiger partial charge on any atom is 0.236 e. The van der Waals surface area contributed by atoms with E-state index in [4.69, 9.17) is 14.5 Å². The monoisotopic (exact) mass is 426 g/mol. The fraction of sp³-hybridized carbons (Fsp3) is 0.259. The first kappa shape index (κ1) is 20.5. The normalized spacial score (nSPS) is 20.9. The summed E-state index contributed by atoms with van der Waals surface area (Å²) in [7, 11) is 4.00. The summed E-state index contributed by atoms with van der Waals surface area (Å²) in [4.78, 5) is 19.9. The van der Waals surface area contributed by atoms with Crippen molar-refractivity contribution in [2.75, 3.05) is 19.0 Å². The number of nitrogens with zero attached hydrogens (tertiary/aromatic N) is 2. The third-order valence-electron chi connectivity index (χ3n) is 6.20. The fourth-order valence-electron chi connectivity index (χ4n) is 4.45. The van der Waals surface area contributed by atoms with Gasteiger partial charge in [-0.3, -0.25) is 9.78 Å². The Kier molecular flexibility index (Phi) is 4.86. The van der Waals surface area contributed by atoms with Crippen LogP contribution in [0.4, 0.5) is 5.69 Å². The van der Waals surface area contributed by atoms with Crippen molar-refractivity contribution in [2.24, 2.45) is 0 Å². The van der Waals surface area contributed by atoms with Crippen LogP contribution in [0.2, 0.25) is 0 Å². The lowest BCUT2D eigenvalue weighted by atomic mass is 9.89. The zero-order valence-corrected chi connectivity index (χ0v) is 18.8. The van der Waals surface area contributed by atoms with Crippen LogP contribution in [-0.4, -0.2) is 24.9 Å². The van der Waals surface area contributed by atoms with E-state index in [2.05, 4.69) is 0 Å². The molecule has 0 amide bonds. The van der Waals surface area contributed by atoms with Crippen molar-refractivity contribution >= 4 is 17.5 Å². The van der Waals surface area contributed by atoms with Crippen molar-refractivity contribution in [1.29, 1.82) is 0 Å². The van der Waals surface area contributed by atoms with Crippen LogP contribution >= 0.6 is 0 Å². The number of benzene rings is 2. The molecule has 2 unspecified atom stereocenters. The highest BCUT2D eigenvalue weighted by Crippen LogP contribution is 2.49. The van der Waals surface area contributed by atoms with Crippen molar-refractivity contribution in [3.8, 4) is 5.75 Å². The molecule has 3 aromatic rings. The van der Waals surface area contributed by atoms with E-state index >= 15 is 0 Å². The summed E-state index contributed by atoms with van der Waals surface area (Å²) < 4.78 is 12.6. The number of anilines is 1. The van der Waals surface area contributed by atoms with Gasteiger partial charge in [0.05, 0.1) is 11.8 Å². The first-order chi connectivity index (χ1) is 15.3. The molecule has 3 heterocycles. The Hall–Kier alpha value is -3.44. The summed E-state index contributed by atoms with van der Waals surface area (Å²) in [5.41, 5.74) is 6.16. The zero-order chi connectivity index (χ0) is 22.5. The molecule has 5 rings (SSSR count). The van der Waals surface area contributed by atoms with Gasteiger partial charge in [-0.15, -0.1) is 0 Å². The van der Waals surface area contributed by atoms with Gasteiger partial charge < -0.3 is 14.4 Å². The van der Waals surface area contributed by atoms with Gasteiger partial charge in [-0.05, 0) is 42.8 Å². The van der Waals surface area contributed by atoms with Gasteiger partial charge in [0, 0.05) is 55.5 Å². The number of pyridine rings is 1. The van der Waals surface area contributed by atoms with Crippen molar-refractivity contribution in [3.05, 3.63) is 94.3 Å². The molecule has 5 heteroatoms. The molecule has 2 aliphatic rings. The molecule has 5 nitrogen and oxygen atoms in total. The largest absolute Gasteiger partial charge is 0.458 e. The van der Waals surface area contributed by atoms with E-state index in [0.717, 1.165) is 39.5 Å². The molecule has 2 aliphatic heterocycles. The maximum atomic E-state index is 13.1. The molecule has 0 spiro atoms. The lowest BCUT2D eigenvalue weighted by Gasteiger charge is -2.44. The van der Waals surface area contributed by atoms with E-state index in [-0.39, 0.29) is 11.9 Å². The molecule has 0 saturated carbocycles. The first-order valence-electron chi connectivity index (χ1n) is 10.8. The molecule has 1 aromatic heterocycles. The van der Waals surface area contributed by atoms with Gasteiger partial charge >= 0.3 is 0 Å². The molecule has 0 aliphatic carbocycles. The summed E-state index contributed by atoms with van der Waals surface area (Å²) >= 11 is 0. The summed E-state index contributed by atoms with van der Waals surface area (Å²) in [6, 6.07) is 17.9. The van der Waals surface area contributed by atoms with Crippen LogP contribution in [0, 0.1) is 6.92 Å². The average molecular weight is 427 g/mol. The van der Waals surface area contributed by atoms with Gasteiger partial charge in [0.1, 0.15) is 5.75 Å². The van der Waals surface area contributed by atoms with Crippen LogP contribution in [-0.2, 0) is 16.9 Å². The van der Waals surface area contributed by atoms with Gasteiger partial charge in [-0.25, -0.2) is 0 Å². The first-order valence-corrected chi connectivity index (χ1v) is 10.8. The molecule has 32 heavy (non-hydrogen) atoms. The summed E-state index contributed by atoms with van der Waals surface area (Å²) in [5.74, 6) is -0.225. The third kappa shape index (κ3) is 3.49. The Labute approximate surface area is 188 Å². The number of para-hydroxylation sites is 1. The quantitative estimate of drug-likeness (QED) is 0.422. The van der Waals surface area contributed by atoms with E-state index in [1.54, 1.807) is 6.08 Å². The maximum absolute atomic E-state index is 13.1. The number of hydrogen-bond acceptors (Lipinski definition) is 5. The van der Waals surface area contributed by atoms with E-state index in [1.807, 2.05) is 93.5 Å². The Balaban J connectivity index is 1.45. The molecule has 0 saturated heterocycles. The number of carbonyl (C=O) groups is 1. The average Bonchev–Trinajstić information content (AvgIpc) is 2.77. The van der Waals surface area contributed by atoms with Crippen LogP contribution < -0.4 is 9.64 Å². The molecule has 2 atom stereocenters. The predicted octanol–water partition coefficient (Wildman–Crippen LogP) is 5.23.